The molecule has 0 spiro atoms. The van der Waals surface area contributed by atoms with Gasteiger partial charge < -0.3 is 15.8 Å². The SMILES string of the molecule is CC(C)C1CCCN1c1nnccc1/C(N)=N/O. The van der Waals surface area contributed by atoms with Crippen LogP contribution in [0.5, 0.6) is 0 Å². The van der Waals surface area contributed by atoms with E-state index < -0.39 is 0 Å². The molecule has 0 bridgehead atoms. The van der Waals surface area contributed by atoms with Crippen LogP contribution in [0, 0.1) is 5.92 Å². The Labute approximate surface area is 106 Å². The number of hydrogen-bond acceptors (Lipinski definition) is 5. The van der Waals surface area contributed by atoms with Gasteiger partial charge in [0.25, 0.3) is 0 Å². The van der Waals surface area contributed by atoms with Crippen molar-refractivity contribution in [3.63, 3.8) is 0 Å². The Hall–Kier alpha value is -1.85. The maximum absolute atomic E-state index is 8.83. The highest BCUT2D eigenvalue weighted by Gasteiger charge is 2.30. The molecule has 1 unspecified atom stereocenters. The Morgan fingerprint density at radius 2 is 2.39 bits per heavy atom. The Balaban J connectivity index is 2.38. The highest BCUT2D eigenvalue weighted by Crippen LogP contribution is 2.29. The predicted molar refractivity (Wildman–Crippen MR) is 69.7 cm³/mol. The summed E-state index contributed by atoms with van der Waals surface area (Å²) < 4.78 is 0. The van der Waals surface area contributed by atoms with Gasteiger partial charge >= 0.3 is 0 Å². The average Bonchev–Trinajstić information content (AvgIpc) is 2.87. The second kappa shape index (κ2) is 5.20. The lowest BCUT2D eigenvalue weighted by atomic mass is 10.0. The molecule has 1 aromatic heterocycles. The largest absolute Gasteiger partial charge is 0.409 e. The van der Waals surface area contributed by atoms with E-state index in [4.69, 9.17) is 10.9 Å². The lowest BCUT2D eigenvalue weighted by Crippen LogP contribution is -2.36. The first-order valence-electron chi connectivity index (χ1n) is 6.21. The lowest BCUT2D eigenvalue weighted by Gasteiger charge is -2.29. The van der Waals surface area contributed by atoms with Gasteiger partial charge in [-0.3, -0.25) is 0 Å². The van der Waals surface area contributed by atoms with E-state index in [1.807, 2.05) is 0 Å². The molecule has 0 saturated carbocycles. The Morgan fingerprint density at radius 1 is 1.61 bits per heavy atom. The molecule has 3 N–H and O–H groups in total. The minimum Gasteiger partial charge on any atom is -0.409 e. The fourth-order valence-corrected chi connectivity index (χ4v) is 2.54. The van der Waals surface area contributed by atoms with Crippen molar-refractivity contribution in [2.45, 2.75) is 32.7 Å². The number of aromatic nitrogens is 2. The number of nitrogens with two attached hydrogens (primary N) is 1. The number of rotatable bonds is 3. The average molecular weight is 249 g/mol. The number of amidine groups is 1. The zero-order valence-electron chi connectivity index (χ0n) is 10.7. The lowest BCUT2D eigenvalue weighted by molar-refractivity contribution is 0.318. The Morgan fingerprint density at radius 3 is 3.06 bits per heavy atom. The summed E-state index contributed by atoms with van der Waals surface area (Å²) in [6, 6.07) is 2.17. The zero-order chi connectivity index (χ0) is 13.1. The van der Waals surface area contributed by atoms with Crippen LogP contribution < -0.4 is 10.6 Å². The van der Waals surface area contributed by atoms with Crippen molar-refractivity contribution >= 4 is 11.7 Å². The van der Waals surface area contributed by atoms with Crippen molar-refractivity contribution in [1.82, 2.24) is 10.2 Å². The van der Waals surface area contributed by atoms with E-state index >= 15 is 0 Å². The first-order chi connectivity index (χ1) is 8.65. The molecule has 1 aliphatic rings. The minimum absolute atomic E-state index is 0.0781. The van der Waals surface area contributed by atoms with E-state index in [1.54, 1.807) is 12.3 Å². The van der Waals surface area contributed by atoms with Gasteiger partial charge in [-0.05, 0) is 24.8 Å². The summed E-state index contributed by atoms with van der Waals surface area (Å²) in [5.41, 5.74) is 6.33. The number of oxime groups is 1. The van der Waals surface area contributed by atoms with Crippen LogP contribution in [0.3, 0.4) is 0 Å². The third-order valence-electron chi connectivity index (χ3n) is 3.43. The van der Waals surface area contributed by atoms with Crippen LogP contribution in [-0.2, 0) is 0 Å². The van der Waals surface area contributed by atoms with Crippen LogP contribution in [0.15, 0.2) is 17.4 Å². The zero-order valence-corrected chi connectivity index (χ0v) is 10.7. The maximum atomic E-state index is 8.83. The molecule has 1 saturated heterocycles. The van der Waals surface area contributed by atoms with Crippen molar-refractivity contribution in [3.05, 3.63) is 17.8 Å². The molecule has 1 fully saturated rings. The summed E-state index contributed by atoms with van der Waals surface area (Å²) in [4.78, 5) is 2.21. The molecule has 0 radical (unpaired) electrons. The molecule has 0 aliphatic carbocycles. The third kappa shape index (κ3) is 2.23. The van der Waals surface area contributed by atoms with Crippen LogP contribution in [0.1, 0.15) is 32.3 Å². The van der Waals surface area contributed by atoms with Gasteiger partial charge in [0.1, 0.15) is 0 Å². The van der Waals surface area contributed by atoms with Crippen molar-refractivity contribution in [1.29, 1.82) is 0 Å². The smallest absolute Gasteiger partial charge is 0.173 e. The summed E-state index contributed by atoms with van der Waals surface area (Å²) in [5, 5.41) is 20.0. The molecule has 2 heterocycles. The van der Waals surface area contributed by atoms with Crippen molar-refractivity contribution < 1.29 is 5.21 Å². The molecular formula is C12H19N5O. The molecule has 0 amide bonds. The van der Waals surface area contributed by atoms with Crippen LogP contribution in [-0.4, -0.2) is 33.8 Å². The van der Waals surface area contributed by atoms with E-state index in [9.17, 15) is 0 Å². The fraction of sp³-hybridized carbons (Fsp3) is 0.583. The van der Waals surface area contributed by atoms with Gasteiger partial charge in [-0.25, -0.2) is 0 Å². The van der Waals surface area contributed by atoms with Crippen LogP contribution in [0.2, 0.25) is 0 Å². The van der Waals surface area contributed by atoms with Crippen LogP contribution in [0.25, 0.3) is 0 Å². The minimum atomic E-state index is 0.0781. The number of anilines is 1. The van der Waals surface area contributed by atoms with E-state index in [1.165, 1.54) is 0 Å². The summed E-state index contributed by atoms with van der Waals surface area (Å²) in [5.74, 6) is 1.33. The molecule has 6 nitrogen and oxygen atoms in total. The predicted octanol–water partition coefficient (Wildman–Crippen LogP) is 1.20. The monoisotopic (exact) mass is 249 g/mol. The number of nitrogens with zero attached hydrogens (tertiary/aromatic N) is 4. The molecule has 1 aromatic rings. The van der Waals surface area contributed by atoms with E-state index in [2.05, 4.69) is 34.1 Å². The van der Waals surface area contributed by atoms with Crippen LogP contribution in [0.4, 0.5) is 5.82 Å². The van der Waals surface area contributed by atoms with Gasteiger partial charge in [-0.15, -0.1) is 5.10 Å². The summed E-state index contributed by atoms with van der Waals surface area (Å²) in [7, 11) is 0. The van der Waals surface area contributed by atoms with Crippen LogP contribution >= 0.6 is 0 Å². The highest BCUT2D eigenvalue weighted by atomic mass is 16.4. The third-order valence-corrected chi connectivity index (χ3v) is 3.43. The first kappa shape index (κ1) is 12.6. The topological polar surface area (TPSA) is 87.6 Å². The molecule has 0 aromatic carbocycles. The van der Waals surface area contributed by atoms with Gasteiger partial charge in [0, 0.05) is 12.6 Å². The van der Waals surface area contributed by atoms with Gasteiger partial charge in [0.2, 0.25) is 0 Å². The van der Waals surface area contributed by atoms with Gasteiger partial charge in [-0.1, -0.05) is 19.0 Å². The van der Waals surface area contributed by atoms with Gasteiger partial charge in [0.05, 0.1) is 11.8 Å². The number of hydrogen-bond donors (Lipinski definition) is 2. The van der Waals surface area contributed by atoms with Gasteiger partial charge in [-0.2, -0.15) is 5.10 Å². The van der Waals surface area contributed by atoms with Crippen molar-refractivity contribution in [2.75, 3.05) is 11.4 Å². The Kier molecular flexibility index (Phi) is 3.64. The molecule has 1 atom stereocenters. The normalized spacial score (nSPS) is 20.7. The second-order valence-corrected chi connectivity index (χ2v) is 4.90. The summed E-state index contributed by atoms with van der Waals surface area (Å²) in [6.07, 6.45) is 3.83. The standard InChI is InChI=1S/C12H19N5O/c1-8(2)10-4-3-7-17(10)12-9(11(13)16-18)5-6-14-15-12/h5-6,8,10,18H,3-4,7H2,1-2H3,(H2,13,16). The molecule has 1 aliphatic heterocycles. The second-order valence-electron chi connectivity index (χ2n) is 4.90. The summed E-state index contributed by atoms with van der Waals surface area (Å²) in [6.45, 7) is 5.33. The van der Waals surface area contributed by atoms with Gasteiger partial charge in [0.15, 0.2) is 11.7 Å². The molecule has 18 heavy (non-hydrogen) atoms. The highest BCUT2D eigenvalue weighted by molar-refractivity contribution is 6.01. The van der Waals surface area contributed by atoms with E-state index in [-0.39, 0.29) is 5.84 Å². The quantitative estimate of drug-likeness (QED) is 0.364. The molecule has 98 valence electrons. The van der Waals surface area contributed by atoms with E-state index in [0.29, 0.717) is 23.3 Å². The summed E-state index contributed by atoms with van der Waals surface area (Å²) >= 11 is 0. The molecular weight excluding hydrogens is 230 g/mol. The maximum Gasteiger partial charge on any atom is 0.173 e. The van der Waals surface area contributed by atoms with Crippen molar-refractivity contribution in [2.24, 2.45) is 16.8 Å². The molecule has 2 rings (SSSR count). The Bertz CT molecular complexity index is 446. The van der Waals surface area contributed by atoms with Crippen molar-refractivity contribution in [3.8, 4) is 0 Å². The fourth-order valence-electron chi connectivity index (χ4n) is 2.54. The van der Waals surface area contributed by atoms with E-state index in [0.717, 1.165) is 19.4 Å². The molecule has 6 heteroatoms. The first-order valence-corrected chi connectivity index (χ1v) is 6.21.